The lowest BCUT2D eigenvalue weighted by molar-refractivity contribution is 0.746. The summed E-state index contributed by atoms with van der Waals surface area (Å²) in [5.41, 5.74) is 2.38. The lowest BCUT2D eigenvalue weighted by atomic mass is 10.2. The van der Waals surface area contributed by atoms with Crippen molar-refractivity contribution in [1.82, 2.24) is 19.6 Å². The van der Waals surface area contributed by atoms with Crippen LogP contribution in [0.15, 0.2) is 18.5 Å². The van der Waals surface area contributed by atoms with Crippen LogP contribution in [0.3, 0.4) is 0 Å². The Morgan fingerprint density at radius 1 is 1.25 bits per heavy atom. The van der Waals surface area contributed by atoms with E-state index in [9.17, 15) is 0 Å². The smallest absolute Gasteiger partial charge is 0.148 e. The zero-order valence-corrected chi connectivity index (χ0v) is 9.94. The fourth-order valence-electron chi connectivity index (χ4n) is 1.72. The topological polar surface area (TPSA) is 47.7 Å². The SMILES string of the molecule is CCc1nn(C)cc1CNc1ccn(C)n1. The molecule has 2 rings (SSSR count). The molecule has 1 N–H and O–H groups in total. The molecule has 5 nitrogen and oxygen atoms in total. The fourth-order valence-corrected chi connectivity index (χ4v) is 1.72. The van der Waals surface area contributed by atoms with Crippen LogP contribution in [0.25, 0.3) is 0 Å². The third kappa shape index (κ3) is 2.24. The fraction of sp³-hybridized carbons (Fsp3) is 0.455. The molecule has 0 spiro atoms. The van der Waals surface area contributed by atoms with Crippen LogP contribution >= 0.6 is 0 Å². The van der Waals surface area contributed by atoms with Crippen LogP contribution < -0.4 is 5.32 Å². The second kappa shape index (κ2) is 4.38. The van der Waals surface area contributed by atoms with E-state index in [-0.39, 0.29) is 0 Å². The van der Waals surface area contributed by atoms with E-state index >= 15 is 0 Å². The molecule has 2 aromatic heterocycles. The van der Waals surface area contributed by atoms with E-state index < -0.39 is 0 Å². The summed E-state index contributed by atoms with van der Waals surface area (Å²) in [4.78, 5) is 0. The number of hydrogen-bond acceptors (Lipinski definition) is 3. The molecule has 0 aliphatic carbocycles. The molecule has 0 bridgehead atoms. The summed E-state index contributed by atoms with van der Waals surface area (Å²) in [5.74, 6) is 0.897. The third-order valence-electron chi connectivity index (χ3n) is 2.50. The number of hydrogen-bond donors (Lipinski definition) is 1. The highest BCUT2D eigenvalue weighted by Crippen LogP contribution is 2.10. The van der Waals surface area contributed by atoms with Crippen molar-refractivity contribution in [3.63, 3.8) is 0 Å². The van der Waals surface area contributed by atoms with Crippen LogP contribution in [0.4, 0.5) is 5.82 Å². The van der Waals surface area contributed by atoms with Gasteiger partial charge < -0.3 is 5.32 Å². The predicted octanol–water partition coefficient (Wildman–Crippen LogP) is 1.33. The average Bonchev–Trinajstić information content (AvgIpc) is 2.81. The Morgan fingerprint density at radius 3 is 2.69 bits per heavy atom. The molecule has 0 aromatic carbocycles. The number of aryl methyl sites for hydroxylation is 3. The molecule has 0 amide bonds. The van der Waals surface area contributed by atoms with Gasteiger partial charge in [-0.2, -0.15) is 10.2 Å². The molecule has 0 fully saturated rings. The number of rotatable bonds is 4. The Kier molecular flexibility index (Phi) is 2.94. The molecule has 86 valence electrons. The molecule has 0 atom stereocenters. The molecule has 0 saturated carbocycles. The molecule has 0 unspecified atom stereocenters. The number of nitrogens with one attached hydrogen (secondary N) is 1. The second-order valence-electron chi connectivity index (χ2n) is 3.86. The summed E-state index contributed by atoms with van der Waals surface area (Å²) in [6, 6.07) is 1.96. The van der Waals surface area contributed by atoms with Crippen LogP contribution in [0.5, 0.6) is 0 Å². The molecule has 0 saturated heterocycles. The van der Waals surface area contributed by atoms with Crippen molar-refractivity contribution in [3.05, 3.63) is 29.7 Å². The standard InChI is InChI=1S/C11H17N5/c1-4-10-9(8-16(3)13-10)7-12-11-5-6-15(2)14-11/h5-6,8H,4,7H2,1-3H3,(H,12,14). The summed E-state index contributed by atoms with van der Waals surface area (Å²) >= 11 is 0. The second-order valence-corrected chi connectivity index (χ2v) is 3.86. The third-order valence-corrected chi connectivity index (χ3v) is 2.50. The Bertz CT molecular complexity index is 468. The Labute approximate surface area is 95.1 Å². The Morgan fingerprint density at radius 2 is 2.06 bits per heavy atom. The van der Waals surface area contributed by atoms with Crippen molar-refractivity contribution in [2.24, 2.45) is 14.1 Å². The van der Waals surface area contributed by atoms with Crippen LogP contribution in [0, 0.1) is 0 Å². The molecule has 16 heavy (non-hydrogen) atoms. The first-order chi connectivity index (χ1) is 7.69. The first kappa shape index (κ1) is 10.7. The van der Waals surface area contributed by atoms with Crippen LogP contribution in [0.1, 0.15) is 18.2 Å². The normalized spacial score (nSPS) is 10.7. The predicted molar refractivity (Wildman–Crippen MR) is 63.1 cm³/mol. The lowest BCUT2D eigenvalue weighted by Crippen LogP contribution is -2.02. The van der Waals surface area contributed by atoms with E-state index in [1.165, 1.54) is 5.56 Å². The first-order valence-electron chi connectivity index (χ1n) is 5.44. The molecule has 2 aromatic rings. The molecule has 0 aliphatic heterocycles. The van der Waals surface area contributed by atoms with E-state index in [2.05, 4.69) is 28.6 Å². The monoisotopic (exact) mass is 219 g/mol. The van der Waals surface area contributed by atoms with Crippen LogP contribution in [-0.2, 0) is 27.1 Å². The summed E-state index contributed by atoms with van der Waals surface area (Å²) in [7, 11) is 3.86. The maximum Gasteiger partial charge on any atom is 0.148 e. The summed E-state index contributed by atoms with van der Waals surface area (Å²) in [5, 5.41) is 11.9. The van der Waals surface area contributed by atoms with E-state index in [4.69, 9.17) is 0 Å². The van der Waals surface area contributed by atoms with Gasteiger partial charge in [0, 0.05) is 44.7 Å². The largest absolute Gasteiger partial charge is 0.364 e. The van der Waals surface area contributed by atoms with Gasteiger partial charge in [-0.15, -0.1) is 0 Å². The van der Waals surface area contributed by atoms with Crippen molar-refractivity contribution in [2.45, 2.75) is 19.9 Å². The van der Waals surface area contributed by atoms with Gasteiger partial charge in [0.15, 0.2) is 0 Å². The zero-order chi connectivity index (χ0) is 11.5. The molecular weight excluding hydrogens is 202 g/mol. The van der Waals surface area contributed by atoms with Gasteiger partial charge in [-0.25, -0.2) is 0 Å². The summed E-state index contributed by atoms with van der Waals surface area (Å²) < 4.78 is 3.64. The summed E-state index contributed by atoms with van der Waals surface area (Å²) in [6.45, 7) is 2.89. The van der Waals surface area contributed by atoms with Crippen LogP contribution in [0.2, 0.25) is 0 Å². The van der Waals surface area contributed by atoms with E-state index in [1.807, 2.05) is 31.0 Å². The highest BCUT2D eigenvalue weighted by atomic mass is 15.3. The van der Waals surface area contributed by atoms with Gasteiger partial charge in [0.05, 0.1) is 5.69 Å². The summed E-state index contributed by atoms with van der Waals surface area (Å²) in [6.07, 6.45) is 4.93. The van der Waals surface area contributed by atoms with Gasteiger partial charge in [0.25, 0.3) is 0 Å². The molecule has 0 radical (unpaired) electrons. The maximum absolute atomic E-state index is 4.40. The Hall–Kier alpha value is -1.78. The van der Waals surface area contributed by atoms with Gasteiger partial charge in [0.2, 0.25) is 0 Å². The molecular formula is C11H17N5. The average molecular weight is 219 g/mol. The molecule has 5 heteroatoms. The van der Waals surface area contributed by atoms with E-state index in [0.29, 0.717) is 0 Å². The number of nitrogens with zero attached hydrogens (tertiary/aromatic N) is 4. The van der Waals surface area contributed by atoms with Gasteiger partial charge in [-0.1, -0.05) is 6.92 Å². The van der Waals surface area contributed by atoms with Crippen molar-refractivity contribution in [3.8, 4) is 0 Å². The van der Waals surface area contributed by atoms with Crippen molar-refractivity contribution in [1.29, 1.82) is 0 Å². The zero-order valence-electron chi connectivity index (χ0n) is 9.94. The van der Waals surface area contributed by atoms with E-state index in [0.717, 1.165) is 24.5 Å². The highest BCUT2D eigenvalue weighted by molar-refractivity contribution is 5.34. The van der Waals surface area contributed by atoms with Crippen molar-refractivity contribution < 1.29 is 0 Å². The molecule has 0 aliphatic rings. The van der Waals surface area contributed by atoms with Gasteiger partial charge in [-0.3, -0.25) is 9.36 Å². The van der Waals surface area contributed by atoms with Crippen LogP contribution in [-0.4, -0.2) is 19.6 Å². The highest BCUT2D eigenvalue weighted by Gasteiger charge is 2.05. The van der Waals surface area contributed by atoms with Gasteiger partial charge in [-0.05, 0) is 6.42 Å². The van der Waals surface area contributed by atoms with Gasteiger partial charge >= 0.3 is 0 Å². The number of anilines is 1. The Balaban J connectivity index is 2.04. The lowest BCUT2D eigenvalue weighted by Gasteiger charge is -2.01. The quantitative estimate of drug-likeness (QED) is 0.844. The minimum atomic E-state index is 0.772. The van der Waals surface area contributed by atoms with E-state index in [1.54, 1.807) is 4.68 Å². The maximum atomic E-state index is 4.40. The van der Waals surface area contributed by atoms with Gasteiger partial charge in [0.1, 0.15) is 5.82 Å². The minimum absolute atomic E-state index is 0.772. The van der Waals surface area contributed by atoms with Crippen molar-refractivity contribution >= 4 is 5.82 Å². The first-order valence-corrected chi connectivity index (χ1v) is 5.44. The number of aromatic nitrogens is 4. The van der Waals surface area contributed by atoms with Crippen molar-refractivity contribution in [2.75, 3.05) is 5.32 Å². The molecule has 2 heterocycles. The minimum Gasteiger partial charge on any atom is -0.364 e.